The van der Waals surface area contributed by atoms with E-state index in [1.54, 1.807) is 24.0 Å². The first-order valence-electron chi connectivity index (χ1n) is 11.4. The average Bonchev–Trinajstić information content (AvgIpc) is 3.41. The predicted molar refractivity (Wildman–Crippen MR) is 133 cm³/mol. The fourth-order valence-corrected chi connectivity index (χ4v) is 6.08. The number of carbonyl (C=O) groups excluding carboxylic acids is 1. The van der Waals surface area contributed by atoms with Gasteiger partial charge in [-0.2, -0.15) is 0 Å². The number of rotatable bonds is 8. The van der Waals surface area contributed by atoms with Crippen molar-refractivity contribution in [2.75, 3.05) is 16.2 Å². The molecule has 36 heavy (non-hydrogen) atoms. The van der Waals surface area contributed by atoms with E-state index < -0.39 is 34.1 Å². The minimum Gasteiger partial charge on any atom is -0.361 e. The van der Waals surface area contributed by atoms with Gasteiger partial charge in [0.15, 0.2) is 11.9 Å². The lowest BCUT2D eigenvalue weighted by Crippen LogP contribution is -2.70. The van der Waals surface area contributed by atoms with Crippen LogP contribution in [0.3, 0.4) is 0 Å². The number of nitrogens with one attached hydrogen (secondary N) is 1. The first kappa shape index (κ1) is 24.8. The van der Waals surface area contributed by atoms with Crippen molar-refractivity contribution in [1.29, 1.82) is 0 Å². The Kier molecular flexibility index (Phi) is 6.55. The maximum absolute atomic E-state index is 13.2. The predicted octanol–water partition coefficient (Wildman–Crippen LogP) is 3.10. The van der Waals surface area contributed by atoms with Crippen molar-refractivity contribution in [1.82, 2.24) is 10.2 Å². The van der Waals surface area contributed by atoms with Crippen LogP contribution in [0.4, 0.5) is 10.8 Å². The van der Waals surface area contributed by atoms with Gasteiger partial charge in [-0.1, -0.05) is 41.7 Å². The Morgan fingerprint density at radius 3 is 2.47 bits per heavy atom. The van der Waals surface area contributed by atoms with Crippen molar-refractivity contribution >= 4 is 38.1 Å². The SMILES string of the molecule is Cc1nnc(NS(=O)(=O)c2ccc(N3C(=O)C(OCc4ccccc4)C3[C@H]3COC(C)(C)O3)cc2)s1. The molecule has 2 aliphatic rings. The molecule has 3 heterocycles. The molecule has 0 bridgehead atoms. The van der Waals surface area contributed by atoms with E-state index in [0.29, 0.717) is 17.3 Å². The molecule has 5 rings (SSSR count). The topological polar surface area (TPSA) is 120 Å². The zero-order chi connectivity index (χ0) is 25.5. The number of anilines is 2. The smallest absolute Gasteiger partial charge is 0.263 e. The number of ether oxygens (including phenoxy) is 3. The van der Waals surface area contributed by atoms with Crippen molar-refractivity contribution in [2.24, 2.45) is 0 Å². The van der Waals surface area contributed by atoms with Crippen LogP contribution in [0.15, 0.2) is 59.5 Å². The van der Waals surface area contributed by atoms with Gasteiger partial charge in [-0.15, -0.1) is 10.2 Å². The Balaban J connectivity index is 1.35. The van der Waals surface area contributed by atoms with Gasteiger partial charge < -0.3 is 19.1 Å². The number of aromatic nitrogens is 2. The highest BCUT2D eigenvalue weighted by Crippen LogP contribution is 2.38. The van der Waals surface area contributed by atoms with E-state index in [0.717, 1.165) is 16.9 Å². The minimum absolute atomic E-state index is 0.0436. The quantitative estimate of drug-likeness (QED) is 0.441. The molecule has 0 aliphatic carbocycles. The van der Waals surface area contributed by atoms with Crippen molar-refractivity contribution < 1.29 is 27.4 Å². The molecule has 2 saturated heterocycles. The van der Waals surface area contributed by atoms with Crippen LogP contribution in [-0.4, -0.2) is 55.2 Å². The summed E-state index contributed by atoms with van der Waals surface area (Å²) in [6.45, 7) is 5.98. The molecule has 0 radical (unpaired) electrons. The van der Waals surface area contributed by atoms with E-state index >= 15 is 0 Å². The second-order valence-corrected chi connectivity index (χ2v) is 11.9. The van der Waals surface area contributed by atoms with Gasteiger partial charge in [0.05, 0.1) is 18.1 Å². The molecule has 3 atom stereocenters. The van der Waals surface area contributed by atoms with Crippen LogP contribution in [0.5, 0.6) is 0 Å². The molecule has 1 aromatic heterocycles. The van der Waals surface area contributed by atoms with E-state index in [4.69, 9.17) is 14.2 Å². The molecule has 2 aromatic carbocycles. The number of carbonyl (C=O) groups is 1. The van der Waals surface area contributed by atoms with Gasteiger partial charge in [0, 0.05) is 5.69 Å². The third-order valence-electron chi connectivity index (χ3n) is 5.95. The highest BCUT2D eigenvalue weighted by atomic mass is 32.2. The second-order valence-electron chi connectivity index (χ2n) is 9.01. The summed E-state index contributed by atoms with van der Waals surface area (Å²) in [4.78, 5) is 14.8. The van der Waals surface area contributed by atoms with Crippen LogP contribution in [0, 0.1) is 6.92 Å². The van der Waals surface area contributed by atoms with Crippen LogP contribution in [0.25, 0.3) is 0 Å². The van der Waals surface area contributed by atoms with E-state index in [-0.39, 0.29) is 22.5 Å². The number of β-lactam (4-membered cyclic amide) rings is 1. The first-order chi connectivity index (χ1) is 17.1. The third-order valence-corrected chi connectivity index (χ3v) is 8.18. The summed E-state index contributed by atoms with van der Waals surface area (Å²) >= 11 is 1.14. The van der Waals surface area contributed by atoms with Gasteiger partial charge >= 0.3 is 0 Å². The molecule has 12 heteroatoms. The van der Waals surface area contributed by atoms with Gasteiger partial charge in [-0.25, -0.2) is 8.42 Å². The second kappa shape index (κ2) is 9.52. The Morgan fingerprint density at radius 1 is 1.14 bits per heavy atom. The lowest BCUT2D eigenvalue weighted by atomic mass is 9.91. The molecule has 10 nitrogen and oxygen atoms in total. The number of hydrogen-bond donors (Lipinski definition) is 1. The third kappa shape index (κ3) is 5.00. The Labute approximate surface area is 213 Å². The van der Waals surface area contributed by atoms with E-state index in [1.807, 2.05) is 44.2 Å². The molecule has 1 amide bonds. The Morgan fingerprint density at radius 2 is 1.86 bits per heavy atom. The van der Waals surface area contributed by atoms with Crippen LogP contribution in [-0.2, 0) is 35.6 Å². The maximum Gasteiger partial charge on any atom is 0.263 e. The van der Waals surface area contributed by atoms with Crippen LogP contribution >= 0.6 is 11.3 Å². The molecule has 0 spiro atoms. The Hall–Kier alpha value is -2.90. The van der Waals surface area contributed by atoms with Gasteiger partial charge in [-0.05, 0) is 50.6 Å². The van der Waals surface area contributed by atoms with Crippen molar-refractivity contribution in [3.63, 3.8) is 0 Å². The van der Waals surface area contributed by atoms with Crippen molar-refractivity contribution in [2.45, 2.75) is 56.3 Å². The van der Waals surface area contributed by atoms with Crippen LogP contribution in [0.1, 0.15) is 24.4 Å². The standard InChI is InChI=1S/C24H26N4O6S2/c1-15-25-26-23(35-15)27-36(30,31)18-11-9-17(10-12-18)28-20(19-14-33-24(2,3)34-19)21(22(28)29)32-13-16-7-5-4-6-8-16/h4-12,19-21H,13-14H2,1-3H3,(H,26,27)/t19-,20?,21?/m1/s1. The number of aryl methyl sites for hydroxylation is 1. The number of benzene rings is 2. The number of sulfonamides is 1. The molecule has 2 unspecified atom stereocenters. The van der Waals surface area contributed by atoms with Gasteiger partial charge in [0.1, 0.15) is 17.2 Å². The molecule has 0 saturated carbocycles. The molecule has 190 valence electrons. The summed E-state index contributed by atoms with van der Waals surface area (Å²) in [5.41, 5.74) is 1.50. The van der Waals surface area contributed by atoms with Gasteiger partial charge in [-0.3, -0.25) is 9.52 Å². The monoisotopic (exact) mass is 530 g/mol. The van der Waals surface area contributed by atoms with Gasteiger partial charge in [0.2, 0.25) is 5.13 Å². The summed E-state index contributed by atoms with van der Waals surface area (Å²) in [5.74, 6) is -0.992. The zero-order valence-electron chi connectivity index (χ0n) is 20.0. The number of nitrogens with zero attached hydrogens (tertiary/aromatic N) is 3. The summed E-state index contributed by atoms with van der Waals surface area (Å²) in [5, 5.41) is 8.46. The number of hydrogen-bond acceptors (Lipinski definition) is 9. The van der Waals surface area contributed by atoms with E-state index in [1.165, 1.54) is 12.1 Å². The fourth-order valence-electron chi connectivity index (χ4n) is 4.26. The lowest BCUT2D eigenvalue weighted by Gasteiger charge is -2.48. The molecular weight excluding hydrogens is 504 g/mol. The normalized spacial score (nSPS) is 23.5. The molecule has 1 N–H and O–H groups in total. The first-order valence-corrected chi connectivity index (χ1v) is 13.7. The van der Waals surface area contributed by atoms with Gasteiger partial charge in [0.25, 0.3) is 15.9 Å². The summed E-state index contributed by atoms with van der Waals surface area (Å²) in [7, 11) is -3.85. The van der Waals surface area contributed by atoms with Crippen molar-refractivity contribution in [3.05, 3.63) is 65.2 Å². The van der Waals surface area contributed by atoms with Crippen LogP contribution in [0.2, 0.25) is 0 Å². The van der Waals surface area contributed by atoms with E-state index in [2.05, 4.69) is 14.9 Å². The van der Waals surface area contributed by atoms with Crippen LogP contribution < -0.4 is 9.62 Å². The Bertz CT molecular complexity index is 1340. The largest absolute Gasteiger partial charge is 0.361 e. The van der Waals surface area contributed by atoms with E-state index in [9.17, 15) is 13.2 Å². The summed E-state index contributed by atoms with van der Waals surface area (Å²) in [6.07, 6.45) is -1.11. The summed E-state index contributed by atoms with van der Waals surface area (Å²) in [6, 6.07) is 15.3. The molecule has 2 fully saturated rings. The molecule has 2 aliphatic heterocycles. The fraction of sp³-hybridized carbons (Fsp3) is 0.375. The summed E-state index contributed by atoms with van der Waals surface area (Å²) < 4.78 is 45.8. The molecular formula is C24H26N4O6S2. The number of amides is 1. The van der Waals surface area contributed by atoms with Crippen molar-refractivity contribution in [3.8, 4) is 0 Å². The lowest BCUT2D eigenvalue weighted by molar-refractivity contribution is -0.164. The highest BCUT2D eigenvalue weighted by Gasteiger charge is 2.56. The zero-order valence-corrected chi connectivity index (χ0v) is 21.6. The minimum atomic E-state index is -3.85. The highest BCUT2D eigenvalue weighted by molar-refractivity contribution is 7.93. The molecule has 3 aromatic rings. The average molecular weight is 531 g/mol. The maximum atomic E-state index is 13.2.